The first kappa shape index (κ1) is 22.4. The predicted octanol–water partition coefficient (Wildman–Crippen LogP) is 5.64. The fourth-order valence-electron chi connectivity index (χ4n) is 5.77. The Morgan fingerprint density at radius 1 is 1.03 bits per heavy atom. The van der Waals surface area contributed by atoms with Crippen molar-refractivity contribution in [1.82, 2.24) is 4.90 Å². The lowest BCUT2D eigenvalue weighted by atomic mass is 9.89. The Morgan fingerprint density at radius 3 is 2.25 bits per heavy atom. The topological polar surface area (TPSA) is 79.6 Å². The molecule has 0 N–H and O–H groups in total. The molecule has 0 bridgehead atoms. The first-order valence-corrected chi connectivity index (χ1v) is 12.2. The van der Waals surface area contributed by atoms with Crippen molar-refractivity contribution >= 4 is 12.1 Å². The Bertz CT molecular complexity index is 1410. The van der Waals surface area contributed by atoms with Crippen LogP contribution in [0.3, 0.4) is 0 Å². The first-order valence-electron chi connectivity index (χ1n) is 12.2. The number of rotatable bonds is 4. The van der Waals surface area contributed by atoms with Crippen LogP contribution in [0.1, 0.15) is 53.7 Å². The van der Waals surface area contributed by atoms with Gasteiger partial charge in [-0.1, -0.05) is 66.7 Å². The standard InChI is InChI=1S/C30H26N2O4/c1-29(27(33)35-2)25-12-11-19(16-30(18-31)13-14-30)15-20(25)17-32(29)28(34)36-26-23-9-5-3-7-21(23)22-8-4-6-10-24(22)26/h3-12,15,26H,13-14,16-17H2,1-2H3. The van der Waals surface area contributed by atoms with E-state index in [-0.39, 0.29) is 12.0 Å². The van der Waals surface area contributed by atoms with Crippen molar-refractivity contribution in [3.63, 3.8) is 0 Å². The van der Waals surface area contributed by atoms with Crippen molar-refractivity contribution in [2.24, 2.45) is 5.41 Å². The number of esters is 1. The number of hydrogen-bond donors (Lipinski definition) is 0. The van der Waals surface area contributed by atoms with Crippen molar-refractivity contribution < 1.29 is 19.1 Å². The summed E-state index contributed by atoms with van der Waals surface area (Å²) in [7, 11) is 1.33. The van der Waals surface area contributed by atoms with Crippen LogP contribution in [0.4, 0.5) is 4.79 Å². The van der Waals surface area contributed by atoms with E-state index in [9.17, 15) is 14.9 Å². The quantitative estimate of drug-likeness (QED) is 0.453. The average Bonchev–Trinajstić information content (AvgIpc) is 3.53. The highest BCUT2D eigenvalue weighted by molar-refractivity contribution is 5.89. The fourth-order valence-corrected chi connectivity index (χ4v) is 5.77. The van der Waals surface area contributed by atoms with Gasteiger partial charge >= 0.3 is 12.1 Å². The van der Waals surface area contributed by atoms with E-state index in [0.717, 1.165) is 51.8 Å². The van der Waals surface area contributed by atoms with Gasteiger partial charge < -0.3 is 9.47 Å². The van der Waals surface area contributed by atoms with E-state index in [1.165, 1.54) is 12.0 Å². The van der Waals surface area contributed by atoms with Crippen molar-refractivity contribution in [2.45, 2.75) is 44.4 Å². The summed E-state index contributed by atoms with van der Waals surface area (Å²) in [5, 5.41) is 9.51. The van der Waals surface area contributed by atoms with Gasteiger partial charge in [0.05, 0.1) is 25.1 Å². The Labute approximate surface area is 210 Å². The zero-order valence-electron chi connectivity index (χ0n) is 20.3. The first-order chi connectivity index (χ1) is 17.4. The number of carbonyl (C=O) groups excluding carboxylic acids is 2. The second-order valence-electron chi connectivity index (χ2n) is 10.1. The molecule has 1 fully saturated rings. The van der Waals surface area contributed by atoms with Gasteiger partial charge in [-0.05, 0) is 54.0 Å². The van der Waals surface area contributed by atoms with E-state index < -0.39 is 23.7 Å². The molecule has 0 radical (unpaired) electrons. The van der Waals surface area contributed by atoms with E-state index in [2.05, 4.69) is 6.07 Å². The molecule has 1 aliphatic heterocycles. The number of hydrogen-bond acceptors (Lipinski definition) is 5. The number of carbonyl (C=O) groups is 2. The molecule has 3 aromatic rings. The van der Waals surface area contributed by atoms with E-state index in [1.54, 1.807) is 6.92 Å². The minimum absolute atomic E-state index is 0.225. The van der Waals surface area contributed by atoms with E-state index >= 15 is 0 Å². The maximum atomic E-state index is 13.7. The highest BCUT2D eigenvalue weighted by Crippen LogP contribution is 2.49. The van der Waals surface area contributed by atoms with E-state index in [0.29, 0.717) is 6.42 Å². The van der Waals surface area contributed by atoms with Crippen molar-refractivity contribution in [2.75, 3.05) is 7.11 Å². The molecule has 1 amide bonds. The van der Waals surface area contributed by atoms with Crippen molar-refractivity contribution in [1.29, 1.82) is 5.26 Å². The van der Waals surface area contributed by atoms with Gasteiger partial charge in [0.2, 0.25) is 0 Å². The molecule has 36 heavy (non-hydrogen) atoms. The smallest absolute Gasteiger partial charge is 0.412 e. The maximum absolute atomic E-state index is 13.7. The third kappa shape index (κ3) is 3.23. The largest absolute Gasteiger partial charge is 0.467 e. The molecule has 6 nitrogen and oxygen atoms in total. The average molecular weight is 479 g/mol. The minimum Gasteiger partial charge on any atom is -0.467 e. The van der Waals surface area contributed by atoms with Gasteiger partial charge in [0.25, 0.3) is 0 Å². The summed E-state index contributed by atoms with van der Waals surface area (Å²) in [6.07, 6.45) is 1.35. The van der Waals surface area contributed by atoms with Gasteiger partial charge in [-0.3, -0.25) is 4.90 Å². The van der Waals surface area contributed by atoms with Gasteiger partial charge in [-0.25, -0.2) is 9.59 Å². The number of nitrogens with zero attached hydrogens (tertiary/aromatic N) is 2. The van der Waals surface area contributed by atoms with Gasteiger partial charge in [0.1, 0.15) is 0 Å². The second-order valence-corrected chi connectivity index (χ2v) is 10.1. The number of amides is 1. The third-order valence-corrected chi connectivity index (χ3v) is 7.99. The van der Waals surface area contributed by atoms with Crippen LogP contribution in [0.25, 0.3) is 11.1 Å². The summed E-state index contributed by atoms with van der Waals surface area (Å²) in [4.78, 5) is 28.3. The summed E-state index contributed by atoms with van der Waals surface area (Å²) in [6.45, 7) is 1.93. The molecule has 6 heteroatoms. The SMILES string of the molecule is COC(=O)C1(C)c2ccc(CC3(C#N)CC3)cc2CN1C(=O)OC1c2ccccc2-c2ccccc21. The van der Waals surface area contributed by atoms with Crippen LogP contribution in [0.2, 0.25) is 0 Å². The zero-order valence-corrected chi connectivity index (χ0v) is 20.3. The molecular weight excluding hydrogens is 452 g/mol. The lowest BCUT2D eigenvalue weighted by molar-refractivity contribution is -0.153. The zero-order chi connectivity index (χ0) is 25.1. The molecule has 0 aromatic heterocycles. The Kier molecular flexibility index (Phi) is 4.94. The molecule has 2 aliphatic carbocycles. The van der Waals surface area contributed by atoms with Crippen molar-refractivity contribution in [3.05, 3.63) is 94.5 Å². The number of nitriles is 1. The highest BCUT2D eigenvalue weighted by Gasteiger charge is 2.52. The van der Waals surface area contributed by atoms with E-state index in [4.69, 9.17) is 9.47 Å². The van der Waals surface area contributed by atoms with Crippen LogP contribution in [0.15, 0.2) is 66.7 Å². The molecule has 1 heterocycles. The maximum Gasteiger partial charge on any atom is 0.412 e. The molecule has 180 valence electrons. The van der Waals surface area contributed by atoms with Crippen LogP contribution in [0, 0.1) is 16.7 Å². The second kappa shape index (κ2) is 7.96. The molecule has 6 rings (SSSR count). The number of ether oxygens (including phenoxy) is 2. The molecular formula is C30H26N2O4. The van der Waals surface area contributed by atoms with Crippen LogP contribution in [-0.4, -0.2) is 24.1 Å². The lowest BCUT2D eigenvalue weighted by Crippen LogP contribution is -2.49. The third-order valence-electron chi connectivity index (χ3n) is 7.99. The summed E-state index contributed by atoms with van der Waals surface area (Å²) < 4.78 is 11.3. The number of benzene rings is 3. The van der Waals surface area contributed by atoms with Crippen molar-refractivity contribution in [3.8, 4) is 17.2 Å². The molecule has 1 atom stereocenters. The van der Waals surface area contributed by atoms with Crippen LogP contribution >= 0.6 is 0 Å². The molecule has 3 aromatic carbocycles. The molecule has 3 aliphatic rings. The summed E-state index contributed by atoms with van der Waals surface area (Å²) in [6, 6.07) is 24.1. The summed E-state index contributed by atoms with van der Waals surface area (Å²) in [5.41, 5.74) is 4.99. The molecule has 0 spiro atoms. The molecule has 1 saturated carbocycles. The summed E-state index contributed by atoms with van der Waals surface area (Å²) in [5.74, 6) is -0.520. The predicted molar refractivity (Wildman–Crippen MR) is 133 cm³/mol. The Hall–Kier alpha value is -4.11. The van der Waals surface area contributed by atoms with Gasteiger partial charge in [-0.15, -0.1) is 0 Å². The number of fused-ring (bicyclic) bond motifs is 4. The normalized spacial score (nSPS) is 20.6. The minimum atomic E-state index is -1.32. The molecule has 0 saturated heterocycles. The molecule has 1 unspecified atom stereocenters. The van der Waals surface area contributed by atoms with E-state index in [1.807, 2.05) is 66.7 Å². The van der Waals surface area contributed by atoms with Crippen LogP contribution in [-0.2, 0) is 32.8 Å². The summed E-state index contributed by atoms with van der Waals surface area (Å²) >= 11 is 0. The van der Waals surface area contributed by atoms with Gasteiger partial charge in [0, 0.05) is 11.1 Å². The Morgan fingerprint density at radius 2 is 1.67 bits per heavy atom. The van der Waals surface area contributed by atoms with Crippen LogP contribution < -0.4 is 0 Å². The number of methoxy groups -OCH3 is 1. The lowest BCUT2D eigenvalue weighted by Gasteiger charge is -2.33. The Balaban J connectivity index is 1.34. The van der Waals surface area contributed by atoms with Gasteiger partial charge in [0.15, 0.2) is 11.6 Å². The van der Waals surface area contributed by atoms with Crippen LogP contribution in [0.5, 0.6) is 0 Å². The van der Waals surface area contributed by atoms with Gasteiger partial charge in [-0.2, -0.15) is 5.26 Å². The fraction of sp³-hybridized carbons (Fsp3) is 0.300. The monoisotopic (exact) mass is 478 g/mol. The highest BCUT2D eigenvalue weighted by atomic mass is 16.6.